The van der Waals surface area contributed by atoms with Crippen molar-refractivity contribution in [1.29, 1.82) is 0 Å². The van der Waals surface area contributed by atoms with E-state index in [4.69, 9.17) is 10.8 Å². The Balaban J connectivity index is 2.03. The molecule has 1 aliphatic rings. The minimum absolute atomic E-state index is 0.141. The monoisotopic (exact) mass is 248 g/mol. The molecule has 1 aromatic rings. The molecule has 0 unspecified atom stereocenters. The van der Waals surface area contributed by atoms with Crippen LogP contribution in [-0.4, -0.2) is 41.7 Å². The highest BCUT2D eigenvalue weighted by molar-refractivity contribution is 5.81. The Morgan fingerprint density at radius 2 is 2.17 bits per heavy atom. The molecule has 1 amide bonds. The number of benzene rings is 1. The first-order chi connectivity index (χ1) is 8.72. The lowest BCUT2D eigenvalue weighted by molar-refractivity contribution is -0.134. The van der Waals surface area contributed by atoms with Gasteiger partial charge in [-0.15, -0.1) is 0 Å². The molecule has 1 aromatic carbocycles. The molecule has 98 valence electrons. The third kappa shape index (κ3) is 2.89. The lowest BCUT2D eigenvalue weighted by Gasteiger charge is -2.34. The predicted molar refractivity (Wildman–Crippen MR) is 70.1 cm³/mol. The first-order valence-electron chi connectivity index (χ1n) is 6.42. The molecule has 2 atom stereocenters. The number of likely N-dealkylation sites (tertiary alicyclic amines) is 1. The second kappa shape index (κ2) is 5.98. The number of nitrogens with zero attached hydrogens (tertiary/aromatic N) is 1. The van der Waals surface area contributed by atoms with Crippen molar-refractivity contribution in [2.24, 2.45) is 5.73 Å². The van der Waals surface area contributed by atoms with Gasteiger partial charge in [0.2, 0.25) is 5.91 Å². The van der Waals surface area contributed by atoms with Crippen LogP contribution in [0.1, 0.15) is 24.3 Å². The maximum absolute atomic E-state index is 11.9. The summed E-state index contributed by atoms with van der Waals surface area (Å²) in [6.07, 6.45) is 2.09. The highest BCUT2D eigenvalue weighted by Crippen LogP contribution is 2.26. The molecular formula is C14H20N2O2. The van der Waals surface area contributed by atoms with E-state index in [9.17, 15) is 4.79 Å². The number of piperidine rings is 1. The molecule has 0 bridgehead atoms. The molecule has 0 radical (unpaired) electrons. The summed E-state index contributed by atoms with van der Waals surface area (Å²) in [7, 11) is 0. The number of hydrogen-bond donors (Lipinski definition) is 2. The average molecular weight is 248 g/mol. The van der Waals surface area contributed by atoms with Crippen LogP contribution in [0.15, 0.2) is 30.3 Å². The quantitative estimate of drug-likeness (QED) is 0.828. The van der Waals surface area contributed by atoms with Gasteiger partial charge < -0.3 is 15.7 Å². The van der Waals surface area contributed by atoms with E-state index in [1.54, 1.807) is 4.90 Å². The molecule has 3 N–H and O–H groups in total. The largest absolute Gasteiger partial charge is 0.394 e. The molecule has 0 saturated carbocycles. The number of amides is 1. The minimum Gasteiger partial charge on any atom is -0.394 e. The van der Waals surface area contributed by atoms with Crippen molar-refractivity contribution in [1.82, 2.24) is 4.90 Å². The fraction of sp³-hybridized carbons (Fsp3) is 0.500. The summed E-state index contributed by atoms with van der Waals surface area (Å²) in [4.78, 5) is 13.7. The molecule has 0 aliphatic carbocycles. The lowest BCUT2D eigenvalue weighted by atomic mass is 9.90. The fourth-order valence-electron chi connectivity index (χ4n) is 2.49. The first kappa shape index (κ1) is 13.1. The van der Waals surface area contributed by atoms with Gasteiger partial charge in [0.15, 0.2) is 0 Å². The number of aliphatic hydroxyl groups excluding tert-OH is 1. The second-order valence-electron chi connectivity index (χ2n) is 4.82. The molecule has 18 heavy (non-hydrogen) atoms. The van der Waals surface area contributed by atoms with E-state index >= 15 is 0 Å². The summed E-state index contributed by atoms with van der Waals surface area (Å²) in [5.74, 6) is 0.243. The van der Waals surface area contributed by atoms with Crippen LogP contribution >= 0.6 is 0 Å². The van der Waals surface area contributed by atoms with E-state index in [1.807, 2.05) is 18.2 Å². The van der Waals surface area contributed by atoms with Gasteiger partial charge in [-0.25, -0.2) is 0 Å². The van der Waals surface area contributed by atoms with E-state index in [2.05, 4.69) is 12.1 Å². The van der Waals surface area contributed by atoms with Gasteiger partial charge in [0.1, 0.15) is 6.04 Å². The molecule has 4 nitrogen and oxygen atoms in total. The third-order valence-corrected chi connectivity index (χ3v) is 3.52. The number of carbonyl (C=O) groups excluding carboxylic acids is 1. The maximum Gasteiger partial charge on any atom is 0.241 e. The van der Waals surface area contributed by atoms with Crippen molar-refractivity contribution in [3.05, 3.63) is 35.9 Å². The summed E-state index contributed by atoms with van der Waals surface area (Å²) in [6, 6.07) is 9.47. The van der Waals surface area contributed by atoms with Crippen molar-refractivity contribution in [3.8, 4) is 0 Å². The highest BCUT2D eigenvalue weighted by Gasteiger charge is 2.27. The Labute approximate surface area is 107 Å². The van der Waals surface area contributed by atoms with Crippen LogP contribution in [0.3, 0.4) is 0 Å². The molecule has 0 spiro atoms. The topological polar surface area (TPSA) is 66.6 Å². The Morgan fingerprint density at radius 3 is 2.83 bits per heavy atom. The van der Waals surface area contributed by atoms with E-state index in [-0.39, 0.29) is 12.5 Å². The van der Waals surface area contributed by atoms with Gasteiger partial charge in [-0.1, -0.05) is 30.3 Å². The molecule has 0 aromatic heterocycles. The average Bonchev–Trinajstić information content (AvgIpc) is 2.46. The van der Waals surface area contributed by atoms with Gasteiger partial charge in [-0.3, -0.25) is 4.79 Å². The number of carbonyl (C=O) groups is 1. The van der Waals surface area contributed by atoms with E-state index in [0.717, 1.165) is 19.4 Å². The van der Waals surface area contributed by atoms with Crippen molar-refractivity contribution in [3.63, 3.8) is 0 Å². The third-order valence-electron chi connectivity index (χ3n) is 3.52. The number of aliphatic hydroxyl groups is 1. The summed E-state index contributed by atoms with van der Waals surface area (Å²) in [6.45, 7) is 1.16. The SMILES string of the molecule is N[C@H](CO)C(=O)N1CCC[C@@H](c2ccccc2)C1. The van der Waals surface area contributed by atoms with Crippen LogP contribution in [0.2, 0.25) is 0 Å². The van der Waals surface area contributed by atoms with E-state index in [1.165, 1.54) is 5.56 Å². The molecule has 1 aliphatic heterocycles. The van der Waals surface area contributed by atoms with Crippen LogP contribution in [0.5, 0.6) is 0 Å². The number of nitrogens with two attached hydrogens (primary N) is 1. The molecule has 2 rings (SSSR count). The van der Waals surface area contributed by atoms with Gasteiger partial charge in [0, 0.05) is 19.0 Å². The summed E-state index contributed by atoms with van der Waals surface area (Å²) in [5, 5.41) is 8.95. The van der Waals surface area contributed by atoms with Crippen LogP contribution in [-0.2, 0) is 4.79 Å². The van der Waals surface area contributed by atoms with Crippen LogP contribution in [0, 0.1) is 0 Å². The Hall–Kier alpha value is -1.39. The number of hydrogen-bond acceptors (Lipinski definition) is 3. The van der Waals surface area contributed by atoms with Crippen molar-refractivity contribution in [2.45, 2.75) is 24.8 Å². The van der Waals surface area contributed by atoms with Gasteiger partial charge in [-0.2, -0.15) is 0 Å². The zero-order valence-corrected chi connectivity index (χ0v) is 10.5. The predicted octanol–water partition coefficient (Wildman–Crippen LogP) is 0.712. The molecule has 1 saturated heterocycles. The van der Waals surface area contributed by atoms with E-state index in [0.29, 0.717) is 12.5 Å². The van der Waals surface area contributed by atoms with Gasteiger partial charge in [-0.05, 0) is 18.4 Å². The summed E-state index contributed by atoms with van der Waals surface area (Å²) >= 11 is 0. The normalized spacial score (nSPS) is 21.7. The summed E-state index contributed by atoms with van der Waals surface area (Å²) < 4.78 is 0. The maximum atomic E-state index is 11.9. The lowest BCUT2D eigenvalue weighted by Crippen LogP contribution is -2.49. The molecule has 1 heterocycles. The zero-order valence-electron chi connectivity index (χ0n) is 10.5. The van der Waals surface area contributed by atoms with Crippen LogP contribution in [0.25, 0.3) is 0 Å². The second-order valence-corrected chi connectivity index (χ2v) is 4.82. The van der Waals surface area contributed by atoms with Crippen LogP contribution in [0.4, 0.5) is 0 Å². The highest BCUT2D eigenvalue weighted by atomic mass is 16.3. The number of rotatable bonds is 3. The standard InChI is InChI=1S/C14H20N2O2/c15-13(10-17)14(18)16-8-4-7-12(9-16)11-5-2-1-3-6-11/h1-3,5-6,12-13,17H,4,7-10,15H2/t12-,13-/m1/s1. The zero-order chi connectivity index (χ0) is 13.0. The Kier molecular flexibility index (Phi) is 4.33. The molecule has 1 fully saturated rings. The van der Waals surface area contributed by atoms with Gasteiger partial charge in [0.05, 0.1) is 6.61 Å². The van der Waals surface area contributed by atoms with E-state index < -0.39 is 6.04 Å². The smallest absolute Gasteiger partial charge is 0.241 e. The molecule has 4 heteroatoms. The van der Waals surface area contributed by atoms with Crippen molar-refractivity contribution >= 4 is 5.91 Å². The van der Waals surface area contributed by atoms with Crippen LogP contribution < -0.4 is 5.73 Å². The van der Waals surface area contributed by atoms with Crippen molar-refractivity contribution in [2.75, 3.05) is 19.7 Å². The minimum atomic E-state index is -0.778. The van der Waals surface area contributed by atoms with Gasteiger partial charge >= 0.3 is 0 Å². The first-order valence-corrected chi connectivity index (χ1v) is 6.42. The van der Waals surface area contributed by atoms with Crippen molar-refractivity contribution < 1.29 is 9.90 Å². The summed E-state index contributed by atoms with van der Waals surface area (Å²) in [5.41, 5.74) is 6.86. The fourth-order valence-corrected chi connectivity index (χ4v) is 2.49. The Morgan fingerprint density at radius 1 is 1.44 bits per heavy atom. The Bertz CT molecular complexity index is 394. The van der Waals surface area contributed by atoms with Gasteiger partial charge in [0.25, 0.3) is 0 Å². The molecular weight excluding hydrogens is 228 g/mol.